The van der Waals surface area contributed by atoms with Gasteiger partial charge in [-0.25, -0.2) is 0 Å². The van der Waals surface area contributed by atoms with Crippen LogP contribution in [0, 0.1) is 32.6 Å². The largest absolute Gasteiger partial charge is 0.391 e. The summed E-state index contributed by atoms with van der Waals surface area (Å²) in [6, 6.07) is 3.85. The molecule has 0 radical (unpaired) electrons. The number of alkyl halides is 3. The topological polar surface area (TPSA) is 17.1 Å². The Balaban J connectivity index is 2.11. The van der Waals surface area contributed by atoms with Crippen LogP contribution in [0.5, 0.6) is 0 Å². The second-order valence-electron chi connectivity index (χ2n) is 6.21. The molecule has 1 aromatic carbocycles. The molecule has 0 aliphatic heterocycles. The van der Waals surface area contributed by atoms with Crippen molar-refractivity contribution in [3.8, 4) is 0 Å². The molecule has 0 heterocycles. The number of ketones is 1. The minimum Gasteiger partial charge on any atom is -0.294 e. The second-order valence-corrected chi connectivity index (χ2v) is 6.21. The Morgan fingerprint density at radius 1 is 0.952 bits per heavy atom. The first-order chi connectivity index (χ1) is 9.70. The Labute approximate surface area is 123 Å². The maximum absolute atomic E-state index is 12.7. The number of aryl methyl sites for hydroxylation is 3. The van der Waals surface area contributed by atoms with Crippen molar-refractivity contribution < 1.29 is 18.0 Å². The van der Waals surface area contributed by atoms with Crippen molar-refractivity contribution in [2.75, 3.05) is 0 Å². The Hall–Kier alpha value is -1.32. The number of carbonyl (C=O) groups is 1. The molecule has 2 rings (SSSR count). The average molecular weight is 298 g/mol. The molecule has 21 heavy (non-hydrogen) atoms. The first kappa shape index (κ1) is 16.1. The molecule has 0 atom stereocenters. The predicted molar refractivity (Wildman–Crippen MR) is 76.5 cm³/mol. The molecule has 1 nitrogen and oxygen atoms in total. The summed E-state index contributed by atoms with van der Waals surface area (Å²) in [5.41, 5.74) is 3.77. The molecule has 0 bridgehead atoms. The summed E-state index contributed by atoms with van der Waals surface area (Å²) >= 11 is 0. The van der Waals surface area contributed by atoms with E-state index in [1.165, 1.54) is 0 Å². The summed E-state index contributed by atoms with van der Waals surface area (Å²) < 4.78 is 38.0. The standard InChI is InChI=1S/C17H21F3O/c1-10-8-12(3)15(9-11(10)2)16(21)13-4-6-14(7-5-13)17(18,19)20/h8-9,13-14H,4-7H2,1-3H3. The van der Waals surface area contributed by atoms with Crippen LogP contribution >= 0.6 is 0 Å². The third-order valence-corrected chi connectivity index (χ3v) is 4.67. The maximum atomic E-state index is 12.7. The number of benzene rings is 1. The zero-order chi connectivity index (χ0) is 15.8. The smallest absolute Gasteiger partial charge is 0.294 e. The minimum atomic E-state index is -4.12. The summed E-state index contributed by atoms with van der Waals surface area (Å²) in [5.74, 6) is -1.48. The van der Waals surface area contributed by atoms with Crippen LogP contribution in [0.4, 0.5) is 13.2 Å². The van der Waals surface area contributed by atoms with Crippen molar-refractivity contribution in [1.82, 2.24) is 0 Å². The number of halogens is 3. The third kappa shape index (κ3) is 3.47. The van der Waals surface area contributed by atoms with Crippen molar-refractivity contribution in [3.63, 3.8) is 0 Å². The monoisotopic (exact) mass is 298 g/mol. The van der Waals surface area contributed by atoms with Gasteiger partial charge in [0.1, 0.15) is 0 Å². The molecule has 0 amide bonds. The molecule has 0 saturated heterocycles. The lowest BCUT2D eigenvalue weighted by Crippen LogP contribution is -2.30. The first-order valence-electron chi connectivity index (χ1n) is 7.39. The van der Waals surface area contributed by atoms with E-state index in [1.54, 1.807) is 0 Å². The van der Waals surface area contributed by atoms with Crippen molar-refractivity contribution >= 4 is 5.78 Å². The number of hydrogen-bond donors (Lipinski definition) is 0. The van der Waals surface area contributed by atoms with E-state index in [9.17, 15) is 18.0 Å². The Morgan fingerprint density at radius 2 is 1.48 bits per heavy atom. The molecule has 1 aliphatic carbocycles. The lowest BCUT2D eigenvalue weighted by Gasteiger charge is -2.29. The summed E-state index contributed by atoms with van der Waals surface area (Å²) in [5, 5.41) is 0. The van der Waals surface area contributed by atoms with Crippen molar-refractivity contribution in [1.29, 1.82) is 0 Å². The summed E-state index contributed by atoms with van der Waals surface area (Å²) in [4.78, 5) is 12.6. The van der Waals surface area contributed by atoms with E-state index in [-0.39, 0.29) is 24.5 Å². The van der Waals surface area contributed by atoms with E-state index in [4.69, 9.17) is 0 Å². The zero-order valence-electron chi connectivity index (χ0n) is 12.7. The lowest BCUT2D eigenvalue weighted by atomic mass is 9.77. The van der Waals surface area contributed by atoms with E-state index in [0.29, 0.717) is 18.4 Å². The van der Waals surface area contributed by atoms with Gasteiger partial charge in [-0.05, 0) is 69.2 Å². The van der Waals surface area contributed by atoms with Crippen LogP contribution in [-0.2, 0) is 0 Å². The van der Waals surface area contributed by atoms with Crippen LogP contribution in [-0.4, -0.2) is 12.0 Å². The fraction of sp³-hybridized carbons (Fsp3) is 0.588. The third-order valence-electron chi connectivity index (χ3n) is 4.67. The zero-order valence-corrected chi connectivity index (χ0v) is 12.7. The lowest BCUT2D eigenvalue weighted by molar-refractivity contribution is -0.183. The van der Waals surface area contributed by atoms with Crippen LogP contribution in [0.3, 0.4) is 0 Å². The highest BCUT2D eigenvalue weighted by molar-refractivity contribution is 5.99. The molecule has 1 aromatic rings. The first-order valence-corrected chi connectivity index (χ1v) is 7.39. The molecule has 0 unspecified atom stereocenters. The average Bonchev–Trinajstić information content (AvgIpc) is 2.41. The number of rotatable bonds is 2. The van der Waals surface area contributed by atoms with Crippen LogP contribution in [0.1, 0.15) is 52.7 Å². The molecular weight excluding hydrogens is 277 g/mol. The van der Waals surface area contributed by atoms with Gasteiger partial charge in [-0.2, -0.15) is 13.2 Å². The number of carbonyl (C=O) groups excluding carboxylic acids is 1. The quantitative estimate of drug-likeness (QED) is 0.689. The Kier molecular flexibility index (Phi) is 4.45. The number of hydrogen-bond acceptors (Lipinski definition) is 1. The number of Topliss-reactive ketones (excluding diaryl/α,β-unsaturated/α-hetero) is 1. The van der Waals surface area contributed by atoms with Gasteiger partial charge in [-0.15, -0.1) is 0 Å². The van der Waals surface area contributed by atoms with Crippen LogP contribution < -0.4 is 0 Å². The van der Waals surface area contributed by atoms with Crippen molar-refractivity contribution in [2.24, 2.45) is 11.8 Å². The molecule has 0 N–H and O–H groups in total. The van der Waals surface area contributed by atoms with Gasteiger partial charge in [0.05, 0.1) is 5.92 Å². The fourth-order valence-electron chi connectivity index (χ4n) is 3.13. The van der Waals surface area contributed by atoms with Gasteiger partial charge >= 0.3 is 6.18 Å². The SMILES string of the molecule is Cc1cc(C)c(C(=O)C2CCC(C(F)(F)F)CC2)cc1C. The molecule has 1 saturated carbocycles. The van der Waals surface area contributed by atoms with E-state index < -0.39 is 12.1 Å². The van der Waals surface area contributed by atoms with Gasteiger partial charge in [-0.1, -0.05) is 6.07 Å². The summed E-state index contributed by atoms with van der Waals surface area (Å²) in [6.45, 7) is 5.83. The minimum absolute atomic E-state index is 0.0104. The summed E-state index contributed by atoms with van der Waals surface area (Å²) in [6.07, 6.45) is -3.29. The molecule has 1 fully saturated rings. The molecule has 1 aliphatic rings. The Morgan fingerprint density at radius 3 is 2.00 bits per heavy atom. The van der Waals surface area contributed by atoms with Gasteiger partial charge in [0.2, 0.25) is 0 Å². The Bertz CT molecular complexity index is 538. The van der Waals surface area contributed by atoms with Gasteiger partial charge in [0.15, 0.2) is 5.78 Å². The van der Waals surface area contributed by atoms with Gasteiger partial charge in [0.25, 0.3) is 0 Å². The fourth-order valence-corrected chi connectivity index (χ4v) is 3.13. The maximum Gasteiger partial charge on any atom is 0.391 e. The molecule has 0 spiro atoms. The van der Waals surface area contributed by atoms with Crippen LogP contribution in [0.25, 0.3) is 0 Å². The van der Waals surface area contributed by atoms with Crippen LogP contribution in [0.2, 0.25) is 0 Å². The van der Waals surface area contributed by atoms with E-state index >= 15 is 0 Å². The van der Waals surface area contributed by atoms with E-state index in [1.807, 2.05) is 32.9 Å². The van der Waals surface area contributed by atoms with Crippen molar-refractivity contribution in [2.45, 2.75) is 52.6 Å². The highest BCUT2D eigenvalue weighted by Gasteiger charge is 2.42. The van der Waals surface area contributed by atoms with Gasteiger partial charge < -0.3 is 0 Å². The van der Waals surface area contributed by atoms with Gasteiger partial charge in [-0.3, -0.25) is 4.79 Å². The molecule has 116 valence electrons. The van der Waals surface area contributed by atoms with E-state index in [2.05, 4.69) is 0 Å². The summed E-state index contributed by atoms with van der Waals surface area (Å²) in [7, 11) is 0. The van der Waals surface area contributed by atoms with Gasteiger partial charge in [0, 0.05) is 11.5 Å². The van der Waals surface area contributed by atoms with Crippen LogP contribution in [0.15, 0.2) is 12.1 Å². The normalized spacial score (nSPS) is 23.1. The van der Waals surface area contributed by atoms with E-state index in [0.717, 1.165) is 16.7 Å². The molecular formula is C17H21F3O. The second kappa shape index (κ2) is 5.82. The highest BCUT2D eigenvalue weighted by Crippen LogP contribution is 2.40. The van der Waals surface area contributed by atoms with Crippen molar-refractivity contribution in [3.05, 3.63) is 34.4 Å². The highest BCUT2D eigenvalue weighted by atomic mass is 19.4. The predicted octanol–water partition coefficient (Wildman–Crippen LogP) is 5.16. The molecule has 0 aromatic heterocycles. The molecule has 4 heteroatoms.